The second kappa shape index (κ2) is 4.65. The van der Waals surface area contributed by atoms with Crippen LogP contribution >= 0.6 is 11.3 Å². The summed E-state index contributed by atoms with van der Waals surface area (Å²) in [5, 5.41) is 6.96. The molecule has 4 nitrogen and oxygen atoms in total. The lowest BCUT2D eigenvalue weighted by atomic mass is 10.2. The smallest absolute Gasteiger partial charge is 0.252 e. The van der Waals surface area contributed by atoms with E-state index >= 15 is 0 Å². The van der Waals surface area contributed by atoms with Gasteiger partial charge in [0.1, 0.15) is 6.04 Å². The SMILES string of the molecule is CCCN1C(=O)CC(Nc2ccsc2)C1=O. The molecule has 0 aromatic carbocycles. The first-order valence-electron chi connectivity index (χ1n) is 5.35. The van der Waals surface area contributed by atoms with Crippen molar-refractivity contribution in [2.75, 3.05) is 11.9 Å². The van der Waals surface area contributed by atoms with E-state index < -0.39 is 0 Å². The monoisotopic (exact) mass is 238 g/mol. The Kier molecular flexibility index (Phi) is 3.24. The van der Waals surface area contributed by atoms with Gasteiger partial charge in [0.2, 0.25) is 5.91 Å². The standard InChI is InChI=1S/C11H14N2O2S/c1-2-4-13-10(14)6-9(11(13)15)12-8-3-5-16-7-8/h3,5,7,9,12H,2,4,6H2,1H3. The van der Waals surface area contributed by atoms with Gasteiger partial charge in [-0.3, -0.25) is 14.5 Å². The van der Waals surface area contributed by atoms with E-state index in [0.29, 0.717) is 6.54 Å². The maximum atomic E-state index is 11.9. The molecule has 0 spiro atoms. The first-order chi connectivity index (χ1) is 7.72. The quantitative estimate of drug-likeness (QED) is 0.812. The number of carbonyl (C=O) groups is 2. The van der Waals surface area contributed by atoms with Crippen LogP contribution in [0.5, 0.6) is 0 Å². The van der Waals surface area contributed by atoms with Crippen LogP contribution in [0, 0.1) is 0 Å². The summed E-state index contributed by atoms with van der Waals surface area (Å²) in [7, 11) is 0. The zero-order valence-electron chi connectivity index (χ0n) is 9.10. The molecule has 2 amide bonds. The first kappa shape index (κ1) is 11.1. The van der Waals surface area contributed by atoms with Gasteiger partial charge in [0, 0.05) is 17.6 Å². The van der Waals surface area contributed by atoms with Crippen LogP contribution in [0.25, 0.3) is 0 Å². The van der Waals surface area contributed by atoms with Crippen molar-refractivity contribution < 1.29 is 9.59 Å². The van der Waals surface area contributed by atoms with Crippen molar-refractivity contribution >= 4 is 28.8 Å². The number of amides is 2. The highest BCUT2D eigenvalue weighted by Crippen LogP contribution is 2.20. The lowest BCUT2D eigenvalue weighted by Crippen LogP contribution is -2.35. The molecule has 1 aromatic rings. The number of likely N-dealkylation sites (tertiary alicyclic amines) is 1. The number of anilines is 1. The number of imide groups is 1. The van der Waals surface area contributed by atoms with Gasteiger partial charge in [-0.2, -0.15) is 11.3 Å². The molecule has 1 aliphatic rings. The molecule has 0 radical (unpaired) electrons. The topological polar surface area (TPSA) is 49.4 Å². The summed E-state index contributed by atoms with van der Waals surface area (Å²) in [6, 6.07) is 1.53. The largest absolute Gasteiger partial charge is 0.373 e. The highest BCUT2D eigenvalue weighted by molar-refractivity contribution is 7.08. The fourth-order valence-electron chi connectivity index (χ4n) is 1.80. The van der Waals surface area contributed by atoms with Gasteiger partial charge in [0.05, 0.1) is 6.42 Å². The van der Waals surface area contributed by atoms with Crippen LogP contribution in [-0.4, -0.2) is 29.3 Å². The second-order valence-corrected chi connectivity index (χ2v) is 4.58. The summed E-state index contributed by atoms with van der Waals surface area (Å²) in [6.07, 6.45) is 1.08. The Morgan fingerprint density at radius 2 is 2.38 bits per heavy atom. The molecule has 2 rings (SSSR count). The molecule has 1 N–H and O–H groups in total. The van der Waals surface area contributed by atoms with Crippen molar-refractivity contribution in [2.45, 2.75) is 25.8 Å². The molecule has 0 saturated carbocycles. The van der Waals surface area contributed by atoms with E-state index in [-0.39, 0.29) is 24.3 Å². The molecular formula is C11H14N2O2S. The molecule has 1 atom stereocenters. The average molecular weight is 238 g/mol. The second-order valence-electron chi connectivity index (χ2n) is 3.80. The summed E-state index contributed by atoms with van der Waals surface area (Å²) in [5.74, 6) is -0.169. The molecule has 1 fully saturated rings. The first-order valence-corrected chi connectivity index (χ1v) is 6.29. The highest BCUT2D eigenvalue weighted by atomic mass is 32.1. The molecule has 2 heterocycles. The van der Waals surface area contributed by atoms with E-state index in [1.54, 1.807) is 11.3 Å². The summed E-state index contributed by atoms with van der Waals surface area (Å²) >= 11 is 1.56. The van der Waals surface area contributed by atoms with Crippen LogP contribution in [0.3, 0.4) is 0 Å². The lowest BCUT2D eigenvalue weighted by Gasteiger charge is -2.14. The molecule has 1 unspecified atom stereocenters. The number of carbonyl (C=O) groups excluding carboxylic acids is 2. The number of hydrogen-bond acceptors (Lipinski definition) is 4. The molecule has 0 bridgehead atoms. The summed E-state index contributed by atoms with van der Waals surface area (Å²) < 4.78 is 0. The third-order valence-electron chi connectivity index (χ3n) is 2.55. The average Bonchev–Trinajstić information content (AvgIpc) is 2.84. The van der Waals surface area contributed by atoms with Gasteiger partial charge in [-0.15, -0.1) is 0 Å². The number of hydrogen-bond donors (Lipinski definition) is 1. The van der Waals surface area contributed by atoms with Crippen molar-refractivity contribution in [3.63, 3.8) is 0 Å². The van der Waals surface area contributed by atoms with Crippen molar-refractivity contribution in [1.29, 1.82) is 0 Å². The van der Waals surface area contributed by atoms with Crippen LogP contribution in [0.2, 0.25) is 0 Å². The molecule has 1 aliphatic heterocycles. The van der Waals surface area contributed by atoms with Crippen LogP contribution in [0.15, 0.2) is 16.8 Å². The number of rotatable bonds is 4. The number of nitrogens with one attached hydrogen (secondary N) is 1. The van der Waals surface area contributed by atoms with E-state index in [1.807, 2.05) is 23.8 Å². The van der Waals surface area contributed by atoms with Gasteiger partial charge in [0.15, 0.2) is 0 Å². The molecule has 16 heavy (non-hydrogen) atoms. The van der Waals surface area contributed by atoms with Gasteiger partial charge in [0.25, 0.3) is 5.91 Å². The summed E-state index contributed by atoms with van der Waals surface area (Å²) in [6.45, 7) is 2.49. The predicted molar refractivity (Wildman–Crippen MR) is 63.4 cm³/mol. The van der Waals surface area contributed by atoms with Gasteiger partial charge in [-0.05, 0) is 17.9 Å². The van der Waals surface area contributed by atoms with Crippen molar-refractivity contribution in [3.8, 4) is 0 Å². The van der Waals surface area contributed by atoms with Crippen LogP contribution in [0.4, 0.5) is 5.69 Å². The fraction of sp³-hybridized carbons (Fsp3) is 0.455. The Morgan fingerprint density at radius 1 is 1.56 bits per heavy atom. The van der Waals surface area contributed by atoms with E-state index in [9.17, 15) is 9.59 Å². The van der Waals surface area contributed by atoms with Gasteiger partial charge in [-0.25, -0.2) is 0 Å². The van der Waals surface area contributed by atoms with Crippen molar-refractivity contribution in [3.05, 3.63) is 16.8 Å². The van der Waals surface area contributed by atoms with Gasteiger partial charge < -0.3 is 5.32 Å². The zero-order valence-corrected chi connectivity index (χ0v) is 9.92. The van der Waals surface area contributed by atoms with E-state index in [0.717, 1.165) is 12.1 Å². The molecule has 0 aliphatic carbocycles. The Balaban J connectivity index is 2.03. The van der Waals surface area contributed by atoms with Gasteiger partial charge >= 0.3 is 0 Å². The third-order valence-corrected chi connectivity index (χ3v) is 3.24. The number of thiophene rings is 1. The summed E-state index contributed by atoms with van der Waals surface area (Å²) in [4.78, 5) is 24.8. The Hall–Kier alpha value is -1.36. The molecule has 1 saturated heterocycles. The minimum Gasteiger partial charge on any atom is -0.373 e. The normalized spacial score (nSPS) is 20.6. The van der Waals surface area contributed by atoms with Crippen molar-refractivity contribution in [2.24, 2.45) is 0 Å². The molecule has 86 valence electrons. The molecule has 1 aromatic heterocycles. The Bertz CT molecular complexity index is 389. The lowest BCUT2D eigenvalue weighted by molar-refractivity contribution is -0.138. The van der Waals surface area contributed by atoms with Crippen LogP contribution in [0.1, 0.15) is 19.8 Å². The van der Waals surface area contributed by atoms with Crippen LogP contribution < -0.4 is 5.32 Å². The fourth-order valence-corrected chi connectivity index (χ4v) is 2.40. The Morgan fingerprint density at radius 3 is 3.00 bits per heavy atom. The molecular weight excluding hydrogens is 224 g/mol. The van der Waals surface area contributed by atoms with E-state index in [2.05, 4.69) is 5.32 Å². The minimum atomic E-state index is -0.381. The van der Waals surface area contributed by atoms with Crippen molar-refractivity contribution in [1.82, 2.24) is 4.90 Å². The zero-order chi connectivity index (χ0) is 11.5. The Labute approximate surface area is 98.3 Å². The van der Waals surface area contributed by atoms with Crippen LogP contribution in [-0.2, 0) is 9.59 Å². The minimum absolute atomic E-state index is 0.0698. The highest BCUT2D eigenvalue weighted by Gasteiger charge is 2.37. The van der Waals surface area contributed by atoms with E-state index in [4.69, 9.17) is 0 Å². The predicted octanol–water partition coefficient (Wildman–Crippen LogP) is 1.70. The van der Waals surface area contributed by atoms with E-state index in [1.165, 1.54) is 4.90 Å². The molecule has 5 heteroatoms. The maximum Gasteiger partial charge on any atom is 0.252 e. The summed E-state index contributed by atoms with van der Waals surface area (Å²) in [5.41, 5.74) is 0.912. The third kappa shape index (κ3) is 2.09. The number of nitrogens with zero attached hydrogens (tertiary/aromatic N) is 1. The maximum absolute atomic E-state index is 11.9. The van der Waals surface area contributed by atoms with Gasteiger partial charge in [-0.1, -0.05) is 6.92 Å².